The highest BCUT2D eigenvalue weighted by Gasteiger charge is 2.02. The smallest absolute Gasteiger partial charge is 0.267 e. The molecule has 2 aromatic heterocycles. The average molecular weight is 272 g/mol. The Bertz CT molecular complexity index is 480. The maximum Gasteiger partial charge on any atom is 0.267 e. The van der Waals surface area contributed by atoms with Crippen molar-refractivity contribution in [2.24, 2.45) is 0 Å². The molecular weight excluding hydrogens is 266 g/mol. The van der Waals surface area contributed by atoms with Gasteiger partial charge in [0.15, 0.2) is 0 Å². The fourth-order valence-corrected chi connectivity index (χ4v) is 1.97. The molecule has 0 aliphatic rings. The van der Waals surface area contributed by atoms with E-state index in [1.165, 1.54) is 28.4 Å². The van der Waals surface area contributed by atoms with E-state index in [1.54, 1.807) is 6.20 Å². The molecule has 0 amide bonds. The van der Waals surface area contributed by atoms with Crippen LogP contribution in [0.5, 0.6) is 0 Å². The molecule has 6 heteroatoms. The van der Waals surface area contributed by atoms with Crippen molar-refractivity contribution in [3.8, 4) is 0 Å². The molecule has 0 aliphatic heterocycles. The zero-order chi connectivity index (χ0) is 9.97. The fourth-order valence-electron chi connectivity index (χ4n) is 1.01. The number of aromatic nitrogens is 3. The highest BCUT2D eigenvalue weighted by atomic mass is 79.9. The topological polar surface area (TPSA) is 47.8 Å². The van der Waals surface area contributed by atoms with Crippen molar-refractivity contribution in [3.05, 3.63) is 43.9 Å². The molecule has 0 N–H and O–H groups in total. The molecule has 0 aromatic carbocycles. The van der Waals surface area contributed by atoms with Gasteiger partial charge in [-0.15, -0.1) is 11.3 Å². The van der Waals surface area contributed by atoms with Gasteiger partial charge in [0.05, 0.1) is 12.9 Å². The molecule has 0 saturated carbocycles. The lowest BCUT2D eigenvalue weighted by Gasteiger charge is -2.01. The van der Waals surface area contributed by atoms with Crippen molar-refractivity contribution in [3.63, 3.8) is 0 Å². The number of halogens is 1. The largest absolute Gasteiger partial charge is 0.291 e. The Labute approximate surface area is 92.4 Å². The molecule has 0 bridgehead atoms. The normalized spacial score (nSPS) is 10.4. The van der Waals surface area contributed by atoms with Crippen LogP contribution in [0.25, 0.3) is 0 Å². The summed E-state index contributed by atoms with van der Waals surface area (Å²) in [7, 11) is 0. The Balaban J connectivity index is 2.34. The van der Waals surface area contributed by atoms with Gasteiger partial charge in [-0.3, -0.25) is 9.36 Å². The Morgan fingerprint density at radius 1 is 1.57 bits per heavy atom. The monoisotopic (exact) mass is 271 g/mol. The van der Waals surface area contributed by atoms with Gasteiger partial charge in [-0.2, -0.15) is 0 Å². The predicted octanol–water partition coefficient (Wildman–Crippen LogP) is 1.51. The van der Waals surface area contributed by atoms with E-state index >= 15 is 0 Å². The Morgan fingerprint density at radius 3 is 3.14 bits per heavy atom. The van der Waals surface area contributed by atoms with E-state index in [1.807, 2.05) is 5.38 Å². The average Bonchev–Trinajstić information content (AvgIpc) is 2.66. The molecule has 2 heterocycles. The molecular formula is C8H6BrN3OS. The summed E-state index contributed by atoms with van der Waals surface area (Å²) in [6.07, 6.45) is 4.71. The van der Waals surface area contributed by atoms with E-state index in [9.17, 15) is 4.79 Å². The first-order valence-electron chi connectivity index (χ1n) is 3.85. The number of hydrogen-bond donors (Lipinski definition) is 0. The first-order valence-corrected chi connectivity index (χ1v) is 5.53. The standard InChI is InChI=1S/C8H6BrN3OS/c9-6-3-10-5-12(8(6)13)4-7-11-1-2-14-7/h1-3,5H,4H2. The fraction of sp³-hybridized carbons (Fsp3) is 0.125. The van der Waals surface area contributed by atoms with E-state index in [-0.39, 0.29) is 5.56 Å². The van der Waals surface area contributed by atoms with Crippen molar-refractivity contribution in [1.82, 2.24) is 14.5 Å². The minimum atomic E-state index is -0.0878. The minimum absolute atomic E-state index is 0.0878. The third-order valence-electron chi connectivity index (χ3n) is 1.65. The lowest BCUT2D eigenvalue weighted by atomic mass is 10.6. The summed E-state index contributed by atoms with van der Waals surface area (Å²) in [6, 6.07) is 0. The van der Waals surface area contributed by atoms with E-state index in [2.05, 4.69) is 25.9 Å². The summed E-state index contributed by atoms with van der Waals surface area (Å²) >= 11 is 4.66. The number of nitrogens with zero attached hydrogens (tertiary/aromatic N) is 3. The molecule has 4 nitrogen and oxygen atoms in total. The Kier molecular flexibility index (Phi) is 2.74. The Morgan fingerprint density at radius 2 is 2.43 bits per heavy atom. The Hall–Kier alpha value is -1.01. The summed E-state index contributed by atoms with van der Waals surface area (Å²) in [6.45, 7) is 0.475. The van der Waals surface area contributed by atoms with Crippen LogP contribution in [0.15, 0.2) is 33.4 Å². The van der Waals surface area contributed by atoms with Crippen LogP contribution in [0.3, 0.4) is 0 Å². The minimum Gasteiger partial charge on any atom is -0.291 e. The number of rotatable bonds is 2. The highest BCUT2D eigenvalue weighted by Crippen LogP contribution is 2.05. The van der Waals surface area contributed by atoms with Crippen LogP contribution < -0.4 is 5.56 Å². The first kappa shape index (κ1) is 9.54. The van der Waals surface area contributed by atoms with E-state index in [0.29, 0.717) is 11.0 Å². The van der Waals surface area contributed by atoms with Crippen LogP contribution in [0.1, 0.15) is 5.01 Å². The molecule has 14 heavy (non-hydrogen) atoms. The number of hydrogen-bond acceptors (Lipinski definition) is 4. The number of thiazole rings is 1. The van der Waals surface area contributed by atoms with Gasteiger partial charge in [-0.25, -0.2) is 9.97 Å². The summed E-state index contributed by atoms with van der Waals surface area (Å²) in [4.78, 5) is 19.6. The van der Waals surface area contributed by atoms with Gasteiger partial charge in [0.25, 0.3) is 5.56 Å². The molecule has 0 radical (unpaired) electrons. The van der Waals surface area contributed by atoms with Crippen LogP contribution in [0.4, 0.5) is 0 Å². The van der Waals surface area contributed by atoms with Crippen molar-refractivity contribution >= 4 is 27.3 Å². The lowest BCUT2D eigenvalue weighted by molar-refractivity contribution is 0.726. The maximum absolute atomic E-state index is 11.5. The second-order valence-electron chi connectivity index (χ2n) is 2.60. The molecule has 0 aliphatic carbocycles. The first-order chi connectivity index (χ1) is 6.77. The van der Waals surface area contributed by atoms with Gasteiger partial charge in [-0.05, 0) is 15.9 Å². The van der Waals surface area contributed by atoms with Crippen molar-refractivity contribution in [2.75, 3.05) is 0 Å². The molecule has 72 valence electrons. The molecule has 0 fully saturated rings. The molecule has 0 unspecified atom stereocenters. The van der Waals surface area contributed by atoms with Crippen molar-refractivity contribution < 1.29 is 0 Å². The SMILES string of the molecule is O=c1c(Br)cncn1Cc1nccs1. The van der Waals surface area contributed by atoms with Crippen LogP contribution in [-0.4, -0.2) is 14.5 Å². The maximum atomic E-state index is 11.5. The lowest BCUT2D eigenvalue weighted by Crippen LogP contribution is -2.21. The highest BCUT2D eigenvalue weighted by molar-refractivity contribution is 9.10. The second kappa shape index (κ2) is 4.02. The van der Waals surface area contributed by atoms with Gasteiger partial charge in [-0.1, -0.05) is 0 Å². The molecule has 2 aromatic rings. The molecule has 0 atom stereocenters. The third kappa shape index (κ3) is 1.91. The zero-order valence-corrected chi connectivity index (χ0v) is 9.46. The molecule has 2 rings (SSSR count). The van der Waals surface area contributed by atoms with Gasteiger partial charge in [0, 0.05) is 17.8 Å². The predicted molar refractivity (Wildman–Crippen MR) is 57.4 cm³/mol. The van der Waals surface area contributed by atoms with Gasteiger partial charge in [0.1, 0.15) is 9.48 Å². The molecule has 0 spiro atoms. The van der Waals surface area contributed by atoms with Gasteiger partial charge in [0.2, 0.25) is 0 Å². The summed E-state index contributed by atoms with van der Waals surface area (Å²) in [5, 5.41) is 2.78. The van der Waals surface area contributed by atoms with Gasteiger partial charge < -0.3 is 0 Å². The summed E-state index contributed by atoms with van der Waals surface area (Å²) in [5.74, 6) is 0. The van der Waals surface area contributed by atoms with Crippen LogP contribution in [-0.2, 0) is 6.54 Å². The van der Waals surface area contributed by atoms with Crippen LogP contribution in [0.2, 0.25) is 0 Å². The quantitative estimate of drug-likeness (QED) is 0.832. The van der Waals surface area contributed by atoms with Crippen LogP contribution in [0, 0.1) is 0 Å². The van der Waals surface area contributed by atoms with E-state index in [0.717, 1.165) is 5.01 Å². The summed E-state index contributed by atoms with van der Waals surface area (Å²) in [5.41, 5.74) is -0.0878. The van der Waals surface area contributed by atoms with Gasteiger partial charge >= 0.3 is 0 Å². The second-order valence-corrected chi connectivity index (χ2v) is 4.43. The van der Waals surface area contributed by atoms with Crippen molar-refractivity contribution in [1.29, 1.82) is 0 Å². The van der Waals surface area contributed by atoms with E-state index < -0.39 is 0 Å². The van der Waals surface area contributed by atoms with Crippen molar-refractivity contribution in [2.45, 2.75) is 6.54 Å². The third-order valence-corrected chi connectivity index (χ3v) is 2.96. The summed E-state index contributed by atoms with van der Waals surface area (Å²) < 4.78 is 1.99. The zero-order valence-electron chi connectivity index (χ0n) is 7.05. The molecule has 0 saturated heterocycles. The van der Waals surface area contributed by atoms with Crippen LogP contribution >= 0.6 is 27.3 Å². The van der Waals surface area contributed by atoms with E-state index in [4.69, 9.17) is 0 Å².